The molecule has 6 heteroatoms. The smallest absolute Gasteiger partial charge is 0.119 e. The van der Waals surface area contributed by atoms with Crippen LogP contribution in [0, 0.1) is 11.8 Å². The topological polar surface area (TPSA) is 45.6 Å². The quantitative estimate of drug-likeness (QED) is 0.484. The summed E-state index contributed by atoms with van der Waals surface area (Å²) in [7, 11) is 1.67. The summed E-state index contributed by atoms with van der Waals surface area (Å²) in [4.78, 5) is 7.39. The maximum absolute atomic E-state index is 11.7. The monoisotopic (exact) mass is 472 g/mol. The Morgan fingerprint density at radius 1 is 1.22 bits per heavy atom. The minimum Gasteiger partial charge on any atom is -0.497 e. The van der Waals surface area contributed by atoms with E-state index < -0.39 is 6.10 Å². The van der Waals surface area contributed by atoms with Crippen molar-refractivity contribution in [1.29, 1.82) is 0 Å². The van der Waals surface area contributed by atoms with Crippen LogP contribution < -0.4 is 4.74 Å². The molecule has 1 N–H and O–H groups in total. The van der Waals surface area contributed by atoms with Crippen molar-refractivity contribution in [3.05, 3.63) is 59.1 Å². The number of benzene rings is 2. The van der Waals surface area contributed by atoms with Gasteiger partial charge >= 0.3 is 0 Å². The molecule has 0 spiro atoms. The Morgan fingerprint density at radius 2 is 2.06 bits per heavy atom. The molecule has 3 saturated heterocycles. The first-order valence-electron chi connectivity index (χ1n) is 11.2. The van der Waals surface area contributed by atoms with Gasteiger partial charge in [-0.1, -0.05) is 37.1 Å². The number of halogens is 2. The summed E-state index contributed by atoms with van der Waals surface area (Å²) in [6.07, 6.45) is 2.95. The van der Waals surface area contributed by atoms with Crippen molar-refractivity contribution < 1.29 is 9.84 Å². The Morgan fingerprint density at radius 3 is 2.75 bits per heavy atom. The van der Waals surface area contributed by atoms with Crippen LogP contribution in [0.15, 0.2) is 48.5 Å². The Labute approximate surface area is 201 Å². The number of aliphatic hydroxyl groups is 1. The van der Waals surface area contributed by atoms with E-state index in [9.17, 15) is 5.11 Å². The zero-order chi connectivity index (χ0) is 21.5. The zero-order valence-electron chi connectivity index (χ0n) is 18.5. The molecule has 3 aliphatic rings. The minimum atomic E-state index is -0.573. The maximum atomic E-state index is 11.7. The third kappa shape index (κ3) is 4.22. The average molecular weight is 473 g/mol. The molecule has 0 radical (unpaired) electrons. The van der Waals surface area contributed by atoms with E-state index >= 15 is 0 Å². The van der Waals surface area contributed by atoms with Crippen molar-refractivity contribution in [3.8, 4) is 17.0 Å². The van der Waals surface area contributed by atoms with Crippen molar-refractivity contribution in [1.82, 2.24) is 9.88 Å². The van der Waals surface area contributed by atoms with E-state index in [1.165, 1.54) is 12.8 Å². The van der Waals surface area contributed by atoms with Gasteiger partial charge < -0.3 is 9.84 Å². The molecule has 0 saturated carbocycles. The Kier molecular flexibility index (Phi) is 6.97. The van der Waals surface area contributed by atoms with E-state index in [2.05, 4.69) is 11.8 Å². The Bertz CT molecular complexity index is 1110. The maximum Gasteiger partial charge on any atom is 0.119 e. The number of ether oxygens (including phenoxy) is 1. The largest absolute Gasteiger partial charge is 0.497 e. The second kappa shape index (κ2) is 9.56. The summed E-state index contributed by atoms with van der Waals surface area (Å²) in [5.41, 5.74) is 3.56. The molecule has 1 aromatic heterocycles. The molecule has 5 atom stereocenters. The number of fused-ring (bicyclic) bond motifs is 4. The Balaban J connectivity index is 0.00000245. The van der Waals surface area contributed by atoms with E-state index in [-0.39, 0.29) is 18.4 Å². The summed E-state index contributed by atoms with van der Waals surface area (Å²) in [6.45, 7) is 4.46. The van der Waals surface area contributed by atoms with Crippen molar-refractivity contribution in [2.24, 2.45) is 11.8 Å². The van der Waals surface area contributed by atoms with Crippen LogP contribution in [0.1, 0.15) is 37.9 Å². The van der Waals surface area contributed by atoms with Crippen LogP contribution in [0.5, 0.6) is 5.75 Å². The van der Waals surface area contributed by atoms with Gasteiger partial charge in [-0.15, -0.1) is 12.4 Å². The number of nitrogens with zero attached hydrogens (tertiary/aromatic N) is 2. The molecule has 170 valence electrons. The van der Waals surface area contributed by atoms with Crippen LogP contribution in [-0.2, 0) is 0 Å². The number of methoxy groups -OCH3 is 1. The second-order valence-corrected chi connectivity index (χ2v) is 9.39. The fraction of sp³-hybridized carbons (Fsp3) is 0.423. The third-order valence-electron chi connectivity index (χ3n) is 7.31. The summed E-state index contributed by atoms with van der Waals surface area (Å²) in [5, 5.41) is 13.3. The van der Waals surface area contributed by atoms with Crippen LogP contribution in [0.4, 0.5) is 0 Å². The fourth-order valence-corrected chi connectivity index (χ4v) is 5.77. The van der Waals surface area contributed by atoms with Crippen molar-refractivity contribution in [3.63, 3.8) is 0 Å². The molecule has 3 aromatic rings. The van der Waals surface area contributed by atoms with Gasteiger partial charge in [0.15, 0.2) is 0 Å². The molecule has 1 unspecified atom stereocenters. The predicted molar refractivity (Wildman–Crippen MR) is 133 cm³/mol. The SMILES string of the molecule is CC[C@H]1CN2CC[C@H]1C[C@H]2[C@H](O)c1cc(-c2cccc(Cl)c2)nc2ccc(OC)cc12.Cl. The molecular formula is C26H30Cl2N2O2. The number of hydrogen-bond donors (Lipinski definition) is 1. The van der Waals surface area contributed by atoms with Crippen LogP contribution in [0.25, 0.3) is 22.2 Å². The van der Waals surface area contributed by atoms with Gasteiger partial charge in [-0.05, 0) is 73.2 Å². The molecular weight excluding hydrogens is 443 g/mol. The Hall–Kier alpha value is -1.85. The third-order valence-corrected chi connectivity index (χ3v) is 7.55. The first-order chi connectivity index (χ1) is 15.1. The number of piperidine rings is 3. The molecule has 32 heavy (non-hydrogen) atoms. The summed E-state index contributed by atoms with van der Waals surface area (Å²) >= 11 is 6.25. The predicted octanol–water partition coefficient (Wildman–Crippen LogP) is 6.14. The normalized spacial score (nSPS) is 25.4. The standard InChI is InChI=1S/C26H29ClN2O2.ClH/c1-3-16-15-29-10-9-17(16)12-25(29)26(30)22-14-24(18-5-4-6-19(27)11-18)28-23-8-7-20(31-2)13-21(22)23;/h4-8,11,13-14,16-17,25-26,30H,3,9-10,12,15H2,1-2H3;1H/t16-,17-,25-,26+;/m0./s1. The van der Waals surface area contributed by atoms with Gasteiger partial charge in [-0.3, -0.25) is 4.90 Å². The second-order valence-electron chi connectivity index (χ2n) is 8.95. The van der Waals surface area contributed by atoms with Gasteiger partial charge in [0.2, 0.25) is 0 Å². The molecule has 3 aliphatic heterocycles. The highest BCUT2D eigenvalue weighted by molar-refractivity contribution is 6.30. The van der Waals surface area contributed by atoms with Crippen molar-refractivity contribution in [2.75, 3.05) is 20.2 Å². The molecule has 0 aliphatic carbocycles. The van der Waals surface area contributed by atoms with Crippen molar-refractivity contribution in [2.45, 2.75) is 38.3 Å². The fourth-order valence-electron chi connectivity index (χ4n) is 5.58. The average Bonchev–Trinajstić information content (AvgIpc) is 2.82. The lowest BCUT2D eigenvalue weighted by atomic mass is 9.72. The highest BCUT2D eigenvalue weighted by Crippen LogP contribution is 2.43. The minimum absolute atomic E-state index is 0. The van der Waals surface area contributed by atoms with Gasteiger partial charge in [0.25, 0.3) is 0 Å². The van der Waals surface area contributed by atoms with Crippen LogP contribution in [-0.4, -0.2) is 41.2 Å². The molecule has 2 aromatic carbocycles. The first kappa shape index (κ1) is 23.3. The number of hydrogen-bond acceptors (Lipinski definition) is 4. The lowest BCUT2D eigenvalue weighted by molar-refractivity contribution is -0.0562. The van der Waals surface area contributed by atoms with E-state index in [0.29, 0.717) is 10.9 Å². The van der Waals surface area contributed by atoms with Gasteiger partial charge in [0.05, 0.1) is 24.4 Å². The van der Waals surface area contributed by atoms with Crippen LogP contribution in [0.3, 0.4) is 0 Å². The van der Waals surface area contributed by atoms with E-state index in [0.717, 1.165) is 58.9 Å². The number of aliphatic hydroxyl groups excluding tert-OH is 1. The highest BCUT2D eigenvalue weighted by atomic mass is 35.5. The van der Waals surface area contributed by atoms with E-state index in [4.69, 9.17) is 21.3 Å². The lowest BCUT2D eigenvalue weighted by Gasteiger charge is -2.51. The highest BCUT2D eigenvalue weighted by Gasteiger charge is 2.42. The van der Waals surface area contributed by atoms with Gasteiger partial charge in [-0.25, -0.2) is 4.98 Å². The lowest BCUT2D eigenvalue weighted by Crippen LogP contribution is -2.55. The van der Waals surface area contributed by atoms with Crippen LogP contribution >= 0.6 is 24.0 Å². The molecule has 6 rings (SSSR count). The zero-order valence-corrected chi connectivity index (χ0v) is 20.1. The van der Waals surface area contributed by atoms with E-state index in [1.807, 2.05) is 48.5 Å². The van der Waals surface area contributed by atoms with Gasteiger partial charge in [-0.2, -0.15) is 0 Å². The number of rotatable bonds is 5. The molecule has 4 heterocycles. The van der Waals surface area contributed by atoms with Gasteiger partial charge in [0.1, 0.15) is 5.75 Å². The molecule has 4 nitrogen and oxygen atoms in total. The van der Waals surface area contributed by atoms with Gasteiger partial charge in [0, 0.05) is 28.6 Å². The molecule has 0 amide bonds. The number of pyridine rings is 1. The molecule has 3 fully saturated rings. The molecule has 2 bridgehead atoms. The first-order valence-corrected chi connectivity index (χ1v) is 11.6. The number of aromatic nitrogens is 1. The summed E-state index contributed by atoms with van der Waals surface area (Å²) in [6, 6.07) is 15.8. The van der Waals surface area contributed by atoms with Crippen LogP contribution in [0.2, 0.25) is 5.02 Å². The summed E-state index contributed by atoms with van der Waals surface area (Å²) < 4.78 is 5.47. The van der Waals surface area contributed by atoms with E-state index in [1.54, 1.807) is 7.11 Å². The summed E-state index contributed by atoms with van der Waals surface area (Å²) in [5.74, 6) is 2.24. The van der Waals surface area contributed by atoms with Crippen molar-refractivity contribution >= 4 is 34.9 Å².